The molecule has 0 saturated heterocycles. The lowest BCUT2D eigenvalue weighted by molar-refractivity contribution is -0.160. The number of nitrogens with two attached hydrogens (primary N) is 1. The van der Waals surface area contributed by atoms with Crippen molar-refractivity contribution in [2.45, 2.75) is 10.6 Å². The third kappa shape index (κ3) is 3.56. The number of carbonyl (C=O) groups is 1. The number of nitrogens with zero attached hydrogens (tertiary/aromatic N) is 1. The zero-order valence-electron chi connectivity index (χ0n) is 10.8. The van der Waals surface area contributed by atoms with Gasteiger partial charge in [-0.25, -0.2) is 4.98 Å². The second-order valence-electron chi connectivity index (χ2n) is 4.02. The molecular weight excluding hydrogens is 315 g/mol. The molecule has 0 fully saturated rings. The van der Waals surface area contributed by atoms with Crippen LogP contribution in [0.1, 0.15) is 0 Å². The molecule has 0 aliphatic heterocycles. The van der Waals surface area contributed by atoms with Crippen molar-refractivity contribution in [1.82, 2.24) is 4.98 Å². The number of hydrogen-bond acceptors (Lipinski definition) is 4. The summed E-state index contributed by atoms with van der Waals surface area (Å²) in [4.78, 5) is 14.4. The maximum atomic E-state index is 11.8. The van der Waals surface area contributed by atoms with Gasteiger partial charge < -0.3 is 15.2 Å². The lowest BCUT2D eigenvalue weighted by Gasteiger charge is -2.31. The Kier molecular flexibility index (Phi) is 4.88. The molecule has 1 aromatic carbocycles. The fourth-order valence-electron chi connectivity index (χ4n) is 1.54. The standard InChI is InChI=1S/C14H12Cl2N2O3/c15-12(16)14(13(17)19,20-10-6-2-1-3-7-10)21-11-8-4-5-9-18-11/h1-9,12H,(H2,17,19). The van der Waals surface area contributed by atoms with Gasteiger partial charge in [-0.3, -0.25) is 4.79 Å². The Morgan fingerprint density at radius 3 is 2.29 bits per heavy atom. The highest BCUT2D eigenvalue weighted by molar-refractivity contribution is 6.46. The van der Waals surface area contributed by atoms with Crippen LogP contribution in [-0.2, 0) is 4.79 Å². The third-order valence-corrected chi connectivity index (χ3v) is 3.11. The number of carbonyl (C=O) groups excluding carboxylic acids is 1. The second kappa shape index (κ2) is 6.65. The van der Waals surface area contributed by atoms with Crippen LogP contribution in [0, 0.1) is 0 Å². The van der Waals surface area contributed by atoms with Gasteiger partial charge >= 0.3 is 11.7 Å². The van der Waals surface area contributed by atoms with E-state index in [1.165, 1.54) is 12.3 Å². The van der Waals surface area contributed by atoms with Crippen LogP contribution in [0.15, 0.2) is 54.7 Å². The van der Waals surface area contributed by atoms with E-state index in [2.05, 4.69) is 4.98 Å². The number of aromatic nitrogens is 1. The van der Waals surface area contributed by atoms with Gasteiger partial charge in [0.1, 0.15) is 5.75 Å². The van der Waals surface area contributed by atoms with Gasteiger partial charge in [-0.1, -0.05) is 47.5 Å². The summed E-state index contributed by atoms with van der Waals surface area (Å²) in [6.07, 6.45) is 1.49. The van der Waals surface area contributed by atoms with E-state index in [1.807, 2.05) is 0 Å². The second-order valence-corrected chi connectivity index (χ2v) is 5.11. The van der Waals surface area contributed by atoms with Crippen molar-refractivity contribution in [3.05, 3.63) is 54.7 Å². The van der Waals surface area contributed by atoms with Crippen LogP contribution in [0.3, 0.4) is 0 Å². The molecule has 0 aliphatic carbocycles. The van der Waals surface area contributed by atoms with E-state index >= 15 is 0 Å². The first-order chi connectivity index (χ1) is 10.0. The van der Waals surface area contributed by atoms with Crippen molar-refractivity contribution in [1.29, 1.82) is 0 Å². The number of amides is 1. The largest absolute Gasteiger partial charge is 0.442 e. The maximum absolute atomic E-state index is 11.8. The summed E-state index contributed by atoms with van der Waals surface area (Å²) in [7, 11) is 0. The Balaban J connectivity index is 2.36. The lowest BCUT2D eigenvalue weighted by atomic mass is 10.2. The number of para-hydroxylation sites is 1. The summed E-state index contributed by atoms with van der Waals surface area (Å²) in [5.74, 6) is -2.61. The predicted octanol–water partition coefficient (Wildman–Crippen LogP) is 2.52. The Bertz CT molecular complexity index is 552. The van der Waals surface area contributed by atoms with E-state index in [0.717, 1.165) is 0 Å². The Labute approximate surface area is 131 Å². The van der Waals surface area contributed by atoms with Gasteiger partial charge in [0.05, 0.1) is 0 Å². The molecule has 1 aromatic heterocycles. The molecule has 2 rings (SSSR count). The summed E-state index contributed by atoms with van der Waals surface area (Å²) in [5, 5.41) is 0. The normalized spacial score (nSPS) is 13.5. The average Bonchev–Trinajstić information content (AvgIpc) is 2.48. The van der Waals surface area contributed by atoms with Crippen LogP contribution in [0.2, 0.25) is 0 Å². The topological polar surface area (TPSA) is 74.4 Å². The van der Waals surface area contributed by atoms with Crippen LogP contribution < -0.4 is 15.2 Å². The quantitative estimate of drug-likeness (QED) is 0.653. The molecule has 0 radical (unpaired) electrons. The molecule has 1 amide bonds. The van der Waals surface area contributed by atoms with Gasteiger partial charge in [-0.05, 0) is 18.2 Å². The van der Waals surface area contributed by atoms with E-state index in [-0.39, 0.29) is 5.88 Å². The first kappa shape index (κ1) is 15.4. The van der Waals surface area contributed by atoms with Crippen molar-refractivity contribution in [3.8, 4) is 11.6 Å². The molecule has 110 valence electrons. The van der Waals surface area contributed by atoms with Crippen LogP contribution in [-0.4, -0.2) is 21.5 Å². The monoisotopic (exact) mass is 326 g/mol. The first-order valence-corrected chi connectivity index (χ1v) is 6.84. The number of ether oxygens (including phenoxy) is 2. The van der Waals surface area contributed by atoms with Crippen molar-refractivity contribution in [2.24, 2.45) is 5.73 Å². The zero-order chi connectivity index (χ0) is 15.3. The summed E-state index contributed by atoms with van der Waals surface area (Å²) in [6, 6.07) is 13.4. The number of benzene rings is 1. The van der Waals surface area contributed by atoms with Crippen molar-refractivity contribution >= 4 is 29.1 Å². The number of rotatable bonds is 6. The van der Waals surface area contributed by atoms with Crippen molar-refractivity contribution < 1.29 is 14.3 Å². The predicted molar refractivity (Wildman–Crippen MR) is 79.4 cm³/mol. The first-order valence-electron chi connectivity index (χ1n) is 5.97. The van der Waals surface area contributed by atoms with Crippen LogP contribution in [0.25, 0.3) is 0 Å². The number of pyridine rings is 1. The number of halogens is 2. The molecule has 5 nitrogen and oxygen atoms in total. The molecule has 0 saturated carbocycles. The number of primary amides is 1. The minimum absolute atomic E-state index is 0.110. The third-order valence-electron chi connectivity index (χ3n) is 2.54. The van der Waals surface area contributed by atoms with Gasteiger partial charge in [-0.2, -0.15) is 0 Å². The molecule has 0 aliphatic rings. The summed E-state index contributed by atoms with van der Waals surface area (Å²) >= 11 is 11.8. The fourth-order valence-corrected chi connectivity index (χ4v) is 1.94. The summed E-state index contributed by atoms with van der Waals surface area (Å²) < 4.78 is 11.0. The van der Waals surface area contributed by atoms with Crippen molar-refractivity contribution in [2.75, 3.05) is 0 Å². The van der Waals surface area contributed by atoms with E-state index in [1.54, 1.807) is 42.5 Å². The Hall–Kier alpha value is -1.98. The summed E-state index contributed by atoms with van der Waals surface area (Å²) in [5.41, 5.74) is 5.38. The van der Waals surface area contributed by atoms with E-state index in [0.29, 0.717) is 5.75 Å². The van der Waals surface area contributed by atoms with Gasteiger partial charge in [0.25, 0.3) is 0 Å². The molecule has 2 N–H and O–H groups in total. The van der Waals surface area contributed by atoms with Crippen LogP contribution >= 0.6 is 23.2 Å². The van der Waals surface area contributed by atoms with Gasteiger partial charge in [0.15, 0.2) is 4.84 Å². The summed E-state index contributed by atoms with van der Waals surface area (Å²) in [6.45, 7) is 0. The Morgan fingerprint density at radius 1 is 1.10 bits per heavy atom. The van der Waals surface area contributed by atoms with Gasteiger partial charge in [0, 0.05) is 12.3 Å². The maximum Gasteiger partial charge on any atom is 0.364 e. The van der Waals surface area contributed by atoms with Crippen LogP contribution in [0.5, 0.6) is 11.6 Å². The van der Waals surface area contributed by atoms with Crippen LogP contribution in [0.4, 0.5) is 0 Å². The van der Waals surface area contributed by atoms with Gasteiger partial charge in [0.2, 0.25) is 5.88 Å². The minimum atomic E-state index is -2.08. The van der Waals surface area contributed by atoms with E-state index in [4.69, 9.17) is 38.4 Å². The molecule has 7 heteroatoms. The number of hydrogen-bond donors (Lipinski definition) is 1. The fraction of sp³-hybridized carbons (Fsp3) is 0.143. The zero-order valence-corrected chi connectivity index (χ0v) is 12.3. The van der Waals surface area contributed by atoms with E-state index < -0.39 is 16.5 Å². The smallest absolute Gasteiger partial charge is 0.364 e. The SMILES string of the molecule is NC(=O)C(Oc1ccccc1)(Oc1ccccn1)C(Cl)Cl. The highest BCUT2D eigenvalue weighted by Gasteiger charge is 2.49. The molecule has 1 atom stereocenters. The average molecular weight is 327 g/mol. The Morgan fingerprint density at radius 2 is 1.76 bits per heavy atom. The molecule has 1 heterocycles. The molecule has 2 aromatic rings. The minimum Gasteiger partial charge on any atom is -0.442 e. The highest BCUT2D eigenvalue weighted by Crippen LogP contribution is 2.29. The molecular formula is C14H12Cl2N2O3. The van der Waals surface area contributed by atoms with E-state index in [9.17, 15) is 4.79 Å². The number of alkyl halides is 2. The lowest BCUT2D eigenvalue weighted by Crippen LogP contribution is -2.58. The van der Waals surface area contributed by atoms with Gasteiger partial charge in [-0.15, -0.1) is 0 Å². The highest BCUT2D eigenvalue weighted by atomic mass is 35.5. The van der Waals surface area contributed by atoms with Crippen molar-refractivity contribution in [3.63, 3.8) is 0 Å². The molecule has 0 spiro atoms. The molecule has 0 bridgehead atoms. The molecule has 1 unspecified atom stereocenters. The molecule has 21 heavy (non-hydrogen) atoms.